The molecule has 0 radical (unpaired) electrons. The van der Waals surface area contributed by atoms with Crippen molar-refractivity contribution in [1.29, 1.82) is 0 Å². The number of imide groups is 1. The molecule has 1 aliphatic carbocycles. The molecule has 1 spiro atoms. The highest BCUT2D eigenvalue weighted by molar-refractivity contribution is 6.09. The molecule has 4 rings (SSSR count). The van der Waals surface area contributed by atoms with Crippen molar-refractivity contribution in [3.05, 3.63) is 48.5 Å². The lowest BCUT2D eigenvalue weighted by molar-refractivity contribution is -0.136. The Labute approximate surface area is 182 Å². The SMILES string of the molecule is CCC1CCC2(CC1)NC(=O)N(CC(=O)NC(C)c1ccc(-n3ccnc3)cc1)C2=O. The summed E-state index contributed by atoms with van der Waals surface area (Å²) in [5.41, 5.74) is 1.09. The number of rotatable bonds is 6. The normalized spacial score (nSPS) is 24.3. The van der Waals surface area contributed by atoms with Gasteiger partial charge in [0.05, 0.1) is 12.4 Å². The Hall–Kier alpha value is -3.16. The molecule has 1 saturated heterocycles. The third-order valence-corrected chi connectivity index (χ3v) is 6.66. The van der Waals surface area contributed by atoms with Crippen LogP contribution >= 0.6 is 0 Å². The van der Waals surface area contributed by atoms with Gasteiger partial charge >= 0.3 is 6.03 Å². The minimum atomic E-state index is -0.822. The lowest BCUT2D eigenvalue weighted by Crippen LogP contribution is -2.50. The Morgan fingerprint density at radius 2 is 1.97 bits per heavy atom. The number of nitrogens with zero attached hydrogens (tertiary/aromatic N) is 3. The Balaban J connectivity index is 1.35. The van der Waals surface area contributed by atoms with E-state index < -0.39 is 11.6 Å². The molecule has 8 nitrogen and oxygen atoms in total. The fraction of sp³-hybridized carbons (Fsp3) is 0.478. The fourth-order valence-electron chi connectivity index (χ4n) is 4.60. The van der Waals surface area contributed by atoms with E-state index in [4.69, 9.17) is 0 Å². The predicted octanol–water partition coefficient (Wildman–Crippen LogP) is 2.94. The first-order valence-electron chi connectivity index (χ1n) is 10.9. The van der Waals surface area contributed by atoms with Gasteiger partial charge in [-0.2, -0.15) is 0 Å². The second-order valence-electron chi connectivity index (χ2n) is 8.61. The molecule has 4 amide bonds. The van der Waals surface area contributed by atoms with E-state index in [2.05, 4.69) is 22.5 Å². The van der Waals surface area contributed by atoms with Gasteiger partial charge in [0.25, 0.3) is 5.91 Å². The summed E-state index contributed by atoms with van der Waals surface area (Å²) in [6.07, 6.45) is 9.53. The summed E-state index contributed by atoms with van der Waals surface area (Å²) in [5, 5.41) is 5.77. The Kier molecular flexibility index (Phi) is 5.80. The predicted molar refractivity (Wildman–Crippen MR) is 115 cm³/mol. The molecule has 1 saturated carbocycles. The highest BCUT2D eigenvalue weighted by Gasteiger charge is 2.52. The van der Waals surface area contributed by atoms with Gasteiger partial charge in [-0.25, -0.2) is 9.78 Å². The molecule has 1 unspecified atom stereocenters. The van der Waals surface area contributed by atoms with Crippen molar-refractivity contribution in [1.82, 2.24) is 25.1 Å². The second kappa shape index (κ2) is 8.53. The highest BCUT2D eigenvalue weighted by Crippen LogP contribution is 2.37. The molecule has 1 aromatic carbocycles. The first kappa shape index (κ1) is 21.1. The third-order valence-electron chi connectivity index (χ3n) is 6.66. The zero-order valence-electron chi connectivity index (χ0n) is 18.0. The third kappa shape index (κ3) is 4.19. The maximum Gasteiger partial charge on any atom is 0.325 e. The Morgan fingerprint density at radius 3 is 2.58 bits per heavy atom. The smallest absolute Gasteiger partial charge is 0.325 e. The standard InChI is InChI=1S/C23H29N5O3/c1-3-17-8-10-23(11-9-17)21(30)28(22(31)26-23)14-20(29)25-16(2)18-4-6-19(7-5-18)27-13-12-24-15-27/h4-7,12-13,15-17H,3,8-11,14H2,1-2H3,(H,25,29)(H,26,31). The van der Waals surface area contributed by atoms with Crippen LogP contribution < -0.4 is 10.6 Å². The van der Waals surface area contributed by atoms with Gasteiger partial charge in [0.2, 0.25) is 5.91 Å². The van der Waals surface area contributed by atoms with Gasteiger partial charge in [0.1, 0.15) is 12.1 Å². The number of aromatic nitrogens is 2. The Morgan fingerprint density at radius 1 is 1.26 bits per heavy atom. The first-order chi connectivity index (χ1) is 14.9. The van der Waals surface area contributed by atoms with Crippen molar-refractivity contribution in [2.45, 2.75) is 57.5 Å². The molecule has 31 heavy (non-hydrogen) atoms. The van der Waals surface area contributed by atoms with Crippen LogP contribution in [0.5, 0.6) is 0 Å². The highest BCUT2D eigenvalue weighted by atomic mass is 16.2. The summed E-state index contributed by atoms with van der Waals surface area (Å²) in [6.45, 7) is 3.77. The van der Waals surface area contributed by atoms with Gasteiger partial charge < -0.3 is 15.2 Å². The molecular formula is C23H29N5O3. The molecular weight excluding hydrogens is 394 g/mol. The van der Waals surface area contributed by atoms with Crippen LogP contribution in [0, 0.1) is 5.92 Å². The summed E-state index contributed by atoms with van der Waals surface area (Å²) < 4.78 is 1.90. The van der Waals surface area contributed by atoms with Crippen LogP contribution in [0.1, 0.15) is 57.6 Å². The molecule has 1 atom stereocenters. The number of carbonyl (C=O) groups is 3. The van der Waals surface area contributed by atoms with Crippen LogP contribution in [-0.4, -0.2) is 44.4 Å². The number of nitrogens with one attached hydrogen (secondary N) is 2. The number of imidazole rings is 1. The van der Waals surface area contributed by atoms with E-state index in [0.717, 1.165) is 35.4 Å². The van der Waals surface area contributed by atoms with Gasteiger partial charge in [0, 0.05) is 18.1 Å². The zero-order valence-corrected chi connectivity index (χ0v) is 18.0. The molecule has 8 heteroatoms. The van der Waals surface area contributed by atoms with Crippen molar-refractivity contribution in [2.75, 3.05) is 6.54 Å². The van der Waals surface area contributed by atoms with Crippen LogP contribution in [0.4, 0.5) is 4.79 Å². The van der Waals surface area contributed by atoms with Crippen molar-refractivity contribution in [2.24, 2.45) is 5.92 Å². The number of benzene rings is 1. The van der Waals surface area contributed by atoms with E-state index in [9.17, 15) is 14.4 Å². The molecule has 2 aliphatic rings. The van der Waals surface area contributed by atoms with E-state index in [1.165, 1.54) is 0 Å². The number of carbonyl (C=O) groups excluding carboxylic acids is 3. The summed E-state index contributed by atoms with van der Waals surface area (Å²) in [7, 11) is 0. The topological polar surface area (TPSA) is 96.3 Å². The molecule has 2 aromatic rings. The number of urea groups is 1. The second-order valence-corrected chi connectivity index (χ2v) is 8.61. The van der Waals surface area contributed by atoms with Crippen molar-refractivity contribution in [3.8, 4) is 5.69 Å². The number of hydrogen-bond acceptors (Lipinski definition) is 4. The van der Waals surface area contributed by atoms with Gasteiger partial charge in [-0.15, -0.1) is 0 Å². The quantitative estimate of drug-likeness (QED) is 0.698. The van der Waals surface area contributed by atoms with Gasteiger partial charge in [-0.3, -0.25) is 14.5 Å². The van der Waals surface area contributed by atoms with Gasteiger partial charge in [-0.05, 0) is 56.2 Å². The van der Waals surface area contributed by atoms with Crippen molar-refractivity contribution >= 4 is 17.8 Å². The van der Waals surface area contributed by atoms with Crippen LogP contribution in [0.25, 0.3) is 5.69 Å². The summed E-state index contributed by atoms with van der Waals surface area (Å²) in [4.78, 5) is 43.1. The van der Waals surface area contributed by atoms with Crippen molar-refractivity contribution in [3.63, 3.8) is 0 Å². The van der Waals surface area contributed by atoms with Crippen LogP contribution in [0.3, 0.4) is 0 Å². The number of hydrogen-bond donors (Lipinski definition) is 2. The lowest BCUT2D eigenvalue weighted by atomic mass is 9.75. The molecule has 164 valence electrons. The maximum atomic E-state index is 13.0. The largest absolute Gasteiger partial charge is 0.348 e. The lowest BCUT2D eigenvalue weighted by Gasteiger charge is -2.34. The Bertz CT molecular complexity index is 946. The maximum absolute atomic E-state index is 13.0. The van der Waals surface area contributed by atoms with Crippen LogP contribution in [0.15, 0.2) is 43.0 Å². The average Bonchev–Trinajstić information content (AvgIpc) is 3.38. The molecule has 1 aliphatic heterocycles. The van der Waals surface area contributed by atoms with Gasteiger partial charge in [-0.1, -0.05) is 25.5 Å². The minimum Gasteiger partial charge on any atom is -0.348 e. The molecule has 2 heterocycles. The molecule has 1 aromatic heterocycles. The van der Waals surface area contributed by atoms with E-state index in [1.807, 2.05) is 42.0 Å². The van der Waals surface area contributed by atoms with E-state index in [-0.39, 0.29) is 24.4 Å². The van der Waals surface area contributed by atoms with Crippen molar-refractivity contribution < 1.29 is 14.4 Å². The monoisotopic (exact) mass is 423 g/mol. The summed E-state index contributed by atoms with van der Waals surface area (Å²) in [5.74, 6) is -0.0118. The van der Waals surface area contributed by atoms with E-state index in [0.29, 0.717) is 18.8 Å². The average molecular weight is 424 g/mol. The molecule has 2 fully saturated rings. The number of amides is 4. The van der Waals surface area contributed by atoms with E-state index in [1.54, 1.807) is 12.5 Å². The van der Waals surface area contributed by atoms with E-state index >= 15 is 0 Å². The summed E-state index contributed by atoms with van der Waals surface area (Å²) in [6, 6.07) is 7.07. The van der Waals surface area contributed by atoms with Gasteiger partial charge in [0.15, 0.2) is 0 Å². The minimum absolute atomic E-state index is 0.251. The first-order valence-corrected chi connectivity index (χ1v) is 10.9. The molecule has 0 bridgehead atoms. The van der Waals surface area contributed by atoms with Crippen LogP contribution in [-0.2, 0) is 9.59 Å². The fourth-order valence-corrected chi connectivity index (χ4v) is 4.60. The summed E-state index contributed by atoms with van der Waals surface area (Å²) >= 11 is 0. The van der Waals surface area contributed by atoms with Crippen LogP contribution in [0.2, 0.25) is 0 Å². The zero-order chi connectivity index (χ0) is 22.0. The molecule has 2 N–H and O–H groups in total.